The second-order valence-electron chi connectivity index (χ2n) is 3.65. The lowest BCUT2D eigenvalue weighted by Crippen LogP contribution is -1.99. The lowest BCUT2D eigenvalue weighted by Gasteiger charge is -2.13. The molecule has 0 saturated heterocycles. The molecule has 0 aliphatic rings. The summed E-state index contributed by atoms with van der Waals surface area (Å²) in [6.45, 7) is 4.07. The van der Waals surface area contributed by atoms with Crippen LogP contribution in [0, 0.1) is 0 Å². The lowest BCUT2D eigenvalue weighted by molar-refractivity contribution is 0.575. The number of benzene rings is 1. The Morgan fingerprint density at radius 2 is 1.64 bits per heavy atom. The summed E-state index contributed by atoms with van der Waals surface area (Å²) in [7, 11) is -1.85. The molecule has 0 heterocycles. The maximum atomic E-state index is 12.1. The van der Waals surface area contributed by atoms with Gasteiger partial charge in [-0.05, 0) is 24.3 Å². The van der Waals surface area contributed by atoms with Gasteiger partial charge < -0.3 is 4.57 Å². The molecule has 0 amide bonds. The minimum absolute atomic E-state index is 0.844. The number of hydrogen-bond acceptors (Lipinski definition) is 1. The maximum Gasteiger partial charge on any atom is 0.0875 e. The van der Waals surface area contributed by atoms with Gasteiger partial charge in [0.05, 0.1) is 7.14 Å². The molecule has 14 heavy (non-hydrogen) atoms. The number of aryl methyl sites for hydroxylation is 1. The van der Waals surface area contributed by atoms with Crippen LogP contribution in [0.2, 0.25) is 0 Å². The minimum Gasteiger partial charge on any atom is -0.324 e. The van der Waals surface area contributed by atoms with E-state index in [1.807, 2.05) is 32.0 Å². The molecule has 0 fully saturated rings. The average Bonchev–Trinajstić information content (AvgIpc) is 2.27. The SMILES string of the molecule is CCP(=O)(CC)CCc1ccccc1. The van der Waals surface area contributed by atoms with E-state index in [-0.39, 0.29) is 0 Å². The zero-order valence-electron chi connectivity index (χ0n) is 9.07. The third-order valence-corrected chi connectivity index (χ3v) is 6.15. The molecule has 0 aliphatic heterocycles. The molecule has 0 N–H and O–H groups in total. The van der Waals surface area contributed by atoms with Gasteiger partial charge in [0.25, 0.3) is 0 Å². The molecule has 0 spiro atoms. The molecular formula is C12H19OP. The van der Waals surface area contributed by atoms with Gasteiger partial charge in [-0.2, -0.15) is 0 Å². The number of rotatable bonds is 5. The molecule has 0 saturated carbocycles. The van der Waals surface area contributed by atoms with Gasteiger partial charge in [-0.25, -0.2) is 0 Å². The Balaban J connectivity index is 2.52. The molecule has 1 aromatic carbocycles. The maximum absolute atomic E-state index is 12.1. The molecule has 1 rings (SSSR count). The fourth-order valence-corrected chi connectivity index (χ4v) is 3.26. The van der Waals surface area contributed by atoms with Crippen molar-refractivity contribution in [1.29, 1.82) is 0 Å². The summed E-state index contributed by atoms with van der Waals surface area (Å²) in [5.74, 6) is 0. The zero-order chi connectivity index (χ0) is 10.4. The topological polar surface area (TPSA) is 17.1 Å². The molecule has 1 nitrogen and oxygen atoms in total. The Morgan fingerprint density at radius 1 is 1.07 bits per heavy atom. The van der Waals surface area contributed by atoms with E-state index in [1.165, 1.54) is 5.56 Å². The van der Waals surface area contributed by atoms with Crippen molar-refractivity contribution in [3.8, 4) is 0 Å². The van der Waals surface area contributed by atoms with Crippen LogP contribution in [-0.4, -0.2) is 18.5 Å². The highest BCUT2D eigenvalue weighted by Gasteiger charge is 2.15. The lowest BCUT2D eigenvalue weighted by atomic mass is 10.2. The van der Waals surface area contributed by atoms with Gasteiger partial charge in [0.2, 0.25) is 0 Å². The molecule has 0 unspecified atom stereocenters. The Kier molecular flexibility index (Phi) is 4.41. The van der Waals surface area contributed by atoms with Crippen molar-refractivity contribution in [2.45, 2.75) is 20.3 Å². The van der Waals surface area contributed by atoms with E-state index in [9.17, 15) is 4.57 Å². The van der Waals surface area contributed by atoms with Gasteiger partial charge in [-0.3, -0.25) is 0 Å². The van der Waals surface area contributed by atoms with Crippen LogP contribution >= 0.6 is 7.14 Å². The average molecular weight is 210 g/mol. The number of hydrogen-bond donors (Lipinski definition) is 0. The molecule has 2 heteroatoms. The molecule has 1 aromatic rings. The van der Waals surface area contributed by atoms with Gasteiger partial charge >= 0.3 is 0 Å². The first kappa shape index (κ1) is 11.5. The first-order chi connectivity index (χ1) is 6.70. The van der Waals surface area contributed by atoms with Gasteiger partial charge in [0.15, 0.2) is 0 Å². The molecule has 0 radical (unpaired) electrons. The van der Waals surface area contributed by atoms with Crippen LogP contribution < -0.4 is 0 Å². The fourth-order valence-electron chi connectivity index (χ4n) is 1.52. The Morgan fingerprint density at radius 3 is 2.14 bits per heavy atom. The summed E-state index contributed by atoms with van der Waals surface area (Å²) in [5.41, 5.74) is 1.30. The first-order valence-electron chi connectivity index (χ1n) is 5.31. The molecule has 78 valence electrons. The van der Waals surface area contributed by atoms with Gasteiger partial charge in [0, 0.05) is 6.16 Å². The zero-order valence-corrected chi connectivity index (χ0v) is 9.97. The summed E-state index contributed by atoms with van der Waals surface area (Å²) < 4.78 is 12.1. The monoisotopic (exact) mass is 210 g/mol. The van der Waals surface area contributed by atoms with Crippen molar-refractivity contribution in [2.24, 2.45) is 0 Å². The van der Waals surface area contributed by atoms with Crippen LogP contribution in [0.25, 0.3) is 0 Å². The first-order valence-corrected chi connectivity index (χ1v) is 7.57. The van der Waals surface area contributed by atoms with Gasteiger partial charge in [0.1, 0.15) is 0 Å². The second kappa shape index (κ2) is 5.36. The summed E-state index contributed by atoms with van der Waals surface area (Å²) in [6, 6.07) is 10.3. The highest BCUT2D eigenvalue weighted by Crippen LogP contribution is 2.44. The van der Waals surface area contributed by atoms with E-state index in [2.05, 4.69) is 12.1 Å². The van der Waals surface area contributed by atoms with E-state index in [0.29, 0.717) is 0 Å². The van der Waals surface area contributed by atoms with Crippen LogP contribution in [0.5, 0.6) is 0 Å². The normalized spacial score (nSPS) is 11.6. The van der Waals surface area contributed by atoms with Gasteiger partial charge in [-0.15, -0.1) is 0 Å². The Labute approximate surface area is 86.9 Å². The third-order valence-electron chi connectivity index (χ3n) is 2.80. The summed E-state index contributed by atoms with van der Waals surface area (Å²) in [4.78, 5) is 0. The Hall–Kier alpha value is -0.550. The minimum atomic E-state index is -1.85. The predicted molar refractivity (Wildman–Crippen MR) is 63.7 cm³/mol. The van der Waals surface area contributed by atoms with Crippen LogP contribution in [0.1, 0.15) is 19.4 Å². The summed E-state index contributed by atoms with van der Waals surface area (Å²) in [5, 5.41) is 0. The smallest absolute Gasteiger partial charge is 0.0875 e. The molecule has 0 aliphatic carbocycles. The predicted octanol–water partition coefficient (Wildman–Crippen LogP) is 3.63. The van der Waals surface area contributed by atoms with Crippen LogP contribution in [-0.2, 0) is 11.0 Å². The standard InChI is InChI=1S/C12H19OP/c1-3-14(13,4-2)11-10-12-8-6-5-7-9-12/h5-9H,3-4,10-11H2,1-2H3. The molecule has 0 bridgehead atoms. The summed E-state index contributed by atoms with van der Waals surface area (Å²) >= 11 is 0. The van der Waals surface area contributed by atoms with E-state index < -0.39 is 7.14 Å². The van der Waals surface area contributed by atoms with E-state index in [1.54, 1.807) is 0 Å². The van der Waals surface area contributed by atoms with Crippen molar-refractivity contribution >= 4 is 7.14 Å². The van der Waals surface area contributed by atoms with Crippen molar-refractivity contribution in [1.82, 2.24) is 0 Å². The van der Waals surface area contributed by atoms with E-state index >= 15 is 0 Å². The summed E-state index contributed by atoms with van der Waals surface area (Å²) in [6.07, 6.45) is 3.51. The van der Waals surface area contributed by atoms with Crippen molar-refractivity contribution in [3.05, 3.63) is 35.9 Å². The van der Waals surface area contributed by atoms with E-state index in [0.717, 1.165) is 24.9 Å². The Bertz CT molecular complexity index is 297. The third kappa shape index (κ3) is 3.31. The van der Waals surface area contributed by atoms with Crippen molar-refractivity contribution < 1.29 is 4.57 Å². The van der Waals surface area contributed by atoms with Crippen molar-refractivity contribution in [3.63, 3.8) is 0 Å². The van der Waals surface area contributed by atoms with Crippen LogP contribution in [0.3, 0.4) is 0 Å². The highest BCUT2D eigenvalue weighted by atomic mass is 31.2. The van der Waals surface area contributed by atoms with Crippen LogP contribution in [0.15, 0.2) is 30.3 Å². The van der Waals surface area contributed by atoms with Crippen LogP contribution in [0.4, 0.5) is 0 Å². The highest BCUT2D eigenvalue weighted by molar-refractivity contribution is 7.63. The largest absolute Gasteiger partial charge is 0.324 e. The van der Waals surface area contributed by atoms with E-state index in [4.69, 9.17) is 0 Å². The van der Waals surface area contributed by atoms with Crippen molar-refractivity contribution in [2.75, 3.05) is 18.5 Å². The molecular weight excluding hydrogens is 191 g/mol. The quantitative estimate of drug-likeness (QED) is 0.678. The fraction of sp³-hybridized carbons (Fsp3) is 0.500. The molecule has 0 atom stereocenters. The van der Waals surface area contributed by atoms with Gasteiger partial charge in [-0.1, -0.05) is 44.2 Å². The second-order valence-corrected chi connectivity index (χ2v) is 7.48. The molecule has 0 aromatic heterocycles.